The van der Waals surface area contributed by atoms with Crippen LogP contribution in [0.2, 0.25) is 0 Å². The number of amides is 1. The average Bonchev–Trinajstić information content (AvgIpc) is 3.11. The molecule has 0 unspecified atom stereocenters. The summed E-state index contributed by atoms with van der Waals surface area (Å²) in [7, 11) is 0. The molecule has 2 fully saturated rings. The highest BCUT2D eigenvalue weighted by atomic mass is 16.5. The van der Waals surface area contributed by atoms with Crippen molar-refractivity contribution >= 4 is 5.91 Å². The molecule has 1 aromatic heterocycles. The van der Waals surface area contributed by atoms with Crippen molar-refractivity contribution in [2.45, 2.75) is 12.5 Å². The lowest BCUT2D eigenvalue weighted by molar-refractivity contribution is 0.00166. The lowest BCUT2D eigenvalue weighted by Gasteiger charge is -2.37. The Hall–Kier alpha value is -1.70. The van der Waals surface area contributed by atoms with Gasteiger partial charge in [-0.05, 0) is 12.5 Å². The molecular weight excluding hydrogens is 298 g/mol. The maximum Gasteiger partial charge on any atom is 0.252 e. The van der Waals surface area contributed by atoms with Gasteiger partial charge in [0.05, 0.1) is 25.4 Å². The fourth-order valence-corrected chi connectivity index (χ4v) is 3.21. The number of rotatable bonds is 5. The Kier molecular flexibility index (Phi) is 5.43. The normalized spacial score (nSPS) is 23.6. The Morgan fingerprint density at radius 3 is 2.78 bits per heavy atom. The Morgan fingerprint density at radius 1 is 1.30 bits per heavy atom. The van der Waals surface area contributed by atoms with Crippen molar-refractivity contribution in [3.8, 4) is 0 Å². The van der Waals surface area contributed by atoms with Crippen LogP contribution < -0.4 is 10.9 Å². The minimum atomic E-state index is -0.212. The highest BCUT2D eigenvalue weighted by Gasteiger charge is 2.31. The van der Waals surface area contributed by atoms with Gasteiger partial charge < -0.3 is 19.8 Å². The maximum atomic E-state index is 12.3. The number of nitrogens with zero attached hydrogens (tertiary/aromatic N) is 1. The van der Waals surface area contributed by atoms with E-state index in [1.165, 1.54) is 18.3 Å². The molecule has 0 spiro atoms. The molecule has 3 heterocycles. The lowest BCUT2D eigenvalue weighted by atomic mass is 9.96. The molecule has 1 amide bonds. The first kappa shape index (κ1) is 16.2. The minimum absolute atomic E-state index is 0.168. The van der Waals surface area contributed by atoms with Crippen LogP contribution in [0.15, 0.2) is 23.1 Å². The van der Waals surface area contributed by atoms with Crippen molar-refractivity contribution in [2.24, 2.45) is 5.92 Å². The van der Waals surface area contributed by atoms with E-state index in [2.05, 4.69) is 15.2 Å². The average molecular weight is 321 g/mol. The predicted molar refractivity (Wildman–Crippen MR) is 84.5 cm³/mol. The molecule has 2 N–H and O–H groups in total. The van der Waals surface area contributed by atoms with Gasteiger partial charge in [-0.3, -0.25) is 14.5 Å². The number of morpholine rings is 1. The summed E-state index contributed by atoms with van der Waals surface area (Å²) < 4.78 is 10.9. The summed E-state index contributed by atoms with van der Waals surface area (Å²) in [5.74, 6) is 0.266. The van der Waals surface area contributed by atoms with Crippen LogP contribution in [0.1, 0.15) is 16.8 Å². The van der Waals surface area contributed by atoms with E-state index >= 15 is 0 Å². The monoisotopic (exact) mass is 321 g/mol. The van der Waals surface area contributed by atoms with Gasteiger partial charge in [0.15, 0.2) is 0 Å². The first-order valence-electron chi connectivity index (χ1n) is 8.10. The Balaban J connectivity index is 1.62. The summed E-state index contributed by atoms with van der Waals surface area (Å²) in [4.78, 5) is 28.2. The van der Waals surface area contributed by atoms with Gasteiger partial charge in [-0.2, -0.15) is 0 Å². The van der Waals surface area contributed by atoms with Gasteiger partial charge in [-0.15, -0.1) is 0 Å². The maximum absolute atomic E-state index is 12.3. The van der Waals surface area contributed by atoms with E-state index < -0.39 is 0 Å². The lowest BCUT2D eigenvalue weighted by Crippen LogP contribution is -2.52. The molecule has 0 saturated carbocycles. The molecule has 7 nitrogen and oxygen atoms in total. The Bertz CT molecular complexity index is 556. The van der Waals surface area contributed by atoms with Crippen molar-refractivity contribution < 1.29 is 14.3 Å². The third kappa shape index (κ3) is 4.19. The number of aromatic amines is 1. The van der Waals surface area contributed by atoms with E-state index in [-0.39, 0.29) is 17.5 Å². The molecule has 126 valence electrons. The van der Waals surface area contributed by atoms with E-state index in [9.17, 15) is 9.59 Å². The molecule has 7 heteroatoms. The molecule has 23 heavy (non-hydrogen) atoms. The van der Waals surface area contributed by atoms with Crippen molar-refractivity contribution in [1.29, 1.82) is 0 Å². The van der Waals surface area contributed by atoms with Crippen molar-refractivity contribution in [2.75, 3.05) is 46.1 Å². The SMILES string of the molecule is O=C(NC[C@@H]([C@@H]1CCOC1)N1CCOCC1)c1ccc(=O)[nH]c1. The second-order valence-corrected chi connectivity index (χ2v) is 5.99. The molecule has 2 aliphatic heterocycles. The van der Waals surface area contributed by atoms with Gasteiger partial charge in [0, 0.05) is 50.5 Å². The number of carbonyl (C=O) groups is 1. The highest BCUT2D eigenvalue weighted by Crippen LogP contribution is 2.21. The molecule has 2 atom stereocenters. The van der Waals surface area contributed by atoms with Crippen molar-refractivity contribution in [3.05, 3.63) is 34.2 Å². The zero-order valence-corrected chi connectivity index (χ0v) is 13.1. The second kappa shape index (κ2) is 7.72. The Morgan fingerprint density at radius 2 is 2.13 bits per heavy atom. The van der Waals surface area contributed by atoms with E-state index in [0.29, 0.717) is 18.0 Å². The van der Waals surface area contributed by atoms with Crippen LogP contribution >= 0.6 is 0 Å². The number of H-pyrrole nitrogens is 1. The number of hydrogen-bond donors (Lipinski definition) is 2. The Labute approximate surface area is 135 Å². The van der Waals surface area contributed by atoms with Crippen LogP contribution in [0.5, 0.6) is 0 Å². The topological polar surface area (TPSA) is 83.7 Å². The first-order valence-corrected chi connectivity index (χ1v) is 8.10. The standard InChI is InChI=1S/C16H23N3O4/c20-15-2-1-12(9-17-15)16(21)18-10-14(13-3-6-23-11-13)19-4-7-22-8-5-19/h1-2,9,13-14H,3-8,10-11H2,(H,17,20)(H,18,21)/t13-,14+/m1/s1. The molecule has 0 radical (unpaired) electrons. The number of nitrogens with one attached hydrogen (secondary N) is 2. The molecule has 1 aromatic rings. The second-order valence-electron chi connectivity index (χ2n) is 5.99. The zero-order valence-electron chi connectivity index (χ0n) is 13.1. The van der Waals surface area contributed by atoms with Gasteiger partial charge >= 0.3 is 0 Å². The highest BCUT2D eigenvalue weighted by molar-refractivity contribution is 5.93. The number of hydrogen-bond acceptors (Lipinski definition) is 5. The minimum Gasteiger partial charge on any atom is -0.381 e. The summed E-state index contributed by atoms with van der Waals surface area (Å²) >= 11 is 0. The quantitative estimate of drug-likeness (QED) is 0.787. The van der Waals surface area contributed by atoms with E-state index in [0.717, 1.165) is 45.9 Å². The molecule has 3 rings (SSSR count). The zero-order chi connectivity index (χ0) is 16.1. The summed E-state index contributed by atoms with van der Waals surface area (Å²) in [5.41, 5.74) is 0.254. The molecule has 2 saturated heterocycles. The number of aromatic nitrogens is 1. The molecule has 0 aliphatic carbocycles. The van der Waals surface area contributed by atoms with E-state index in [1.807, 2.05) is 0 Å². The predicted octanol–water partition coefficient (Wildman–Crippen LogP) is -0.158. The van der Waals surface area contributed by atoms with Gasteiger partial charge in [0.1, 0.15) is 0 Å². The number of ether oxygens (including phenoxy) is 2. The fourth-order valence-electron chi connectivity index (χ4n) is 3.21. The van der Waals surface area contributed by atoms with Crippen LogP contribution in [0, 0.1) is 5.92 Å². The van der Waals surface area contributed by atoms with Crippen molar-refractivity contribution in [1.82, 2.24) is 15.2 Å². The molecule has 0 bridgehead atoms. The van der Waals surface area contributed by atoms with Crippen LogP contribution in [0.3, 0.4) is 0 Å². The summed E-state index contributed by atoms with van der Waals surface area (Å²) in [5, 5.41) is 2.99. The molecular formula is C16H23N3O4. The third-order valence-corrected chi connectivity index (χ3v) is 4.54. The van der Waals surface area contributed by atoms with Gasteiger partial charge in [-0.1, -0.05) is 0 Å². The van der Waals surface area contributed by atoms with Crippen LogP contribution in [-0.2, 0) is 9.47 Å². The largest absolute Gasteiger partial charge is 0.381 e. The van der Waals surface area contributed by atoms with Crippen LogP contribution in [0.4, 0.5) is 0 Å². The number of carbonyl (C=O) groups excluding carboxylic acids is 1. The van der Waals surface area contributed by atoms with Gasteiger partial charge in [0.25, 0.3) is 5.91 Å². The van der Waals surface area contributed by atoms with Crippen LogP contribution in [-0.4, -0.2) is 67.9 Å². The van der Waals surface area contributed by atoms with Crippen LogP contribution in [0.25, 0.3) is 0 Å². The molecule has 0 aromatic carbocycles. The fraction of sp³-hybridized carbons (Fsp3) is 0.625. The smallest absolute Gasteiger partial charge is 0.252 e. The van der Waals surface area contributed by atoms with Gasteiger partial charge in [0.2, 0.25) is 5.56 Å². The molecule has 2 aliphatic rings. The summed E-state index contributed by atoms with van der Waals surface area (Å²) in [6.07, 6.45) is 2.47. The summed E-state index contributed by atoms with van der Waals surface area (Å²) in [6, 6.07) is 3.16. The first-order chi connectivity index (χ1) is 11.2. The number of pyridine rings is 1. The van der Waals surface area contributed by atoms with Crippen molar-refractivity contribution in [3.63, 3.8) is 0 Å². The third-order valence-electron chi connectivity index (χ3n) is 4.54. The van der Waals surface area contributed by atoms with E-state index in [1.54, 1.807) is 0 Å². The van der Waals surface area contributed by atoms with Gasteiger partial charge in [-0.25, -0.2) is 0 Å². The summed E-state index contributed by atoms with van der Waals surface area (Å²) in [6.45, 7) is 5.35. The van der Waals surface area contributed by atoms with E-state index in [4.69, 9.17) is 9.47 Å².